The lowest BCUT2D eigenvalue weighted by Gasteiger charge is -2.12. The lowest BCUT2D eigenvalue weighted by Crippen LogP contribution is -1.99. The largest absolute Gasteiger partial charge is 0.207 e. The van der Waals surface area contributed by atoms with Gasteiger partial charge in [0.1, 0.15) is 5.82 Å². The summed E-state index contributed by atoms with van der Waals surface area (Å²) >= 11 is 0. The van der Waals surface area contributed by atoms with E-state index in [9.17, 15) is 4.39 Å². The monoisotopic (exact) mass is 212 g/mol. The van der Waals surface area contributed by atoms with Crippen LogP contribution >= 0.6 is 0 Å². The summed E-state index contributed by atoms with van der Waals surface area (Å²) in [5.41, 5.74) is 3.51. The fraction of sp³-hybridized carbons (Fsp3) is 0.200. The molecule has 2 aromatic rings. The van der Waals surface area contributed by atoms with Gasteiger partial charge < -0.3 is 0 Å². The molecule has 0 heterocycles. The van der Waals surface area contributed by atoms with Gasteiger partial charge in [0.15, 0.2) is 0 Å². The van der Waals surface area contributed by atoms with E-state index >= 15 is 0 Å². The van der Waals surface area contributed by atoms with Crippen molar-refractivity contribution in [3.8, 4) is 0 Å². The van der Waals surface area contributed by atoms with Gasteiger partial charge in [0.25, 0.3) is 0 Å². The molecule has 3 rings (SSSR count). The summed E-state index contributed by atoms with van der Waals surface area (Å²) in [4.78, 5) is 0. The van der Waals surface area contributed by atoms with E-state index in [2.05, 4.69) is 18.2 Å². The van der Waals surface area contributed by atoms with E-state index in [1.165, 1.54) is 11.1 Å². The Labute approximate surface area is 94.7 Å². The molecule has 0 radical (unpaired) electrons. The maximum Gasteiger partial charge on any atom is 0.127 e. The van der Waals surface area contributed by atoms with Crippen molar-refractivity contribution in [2.24, 2.45) is 0 Å². The highest BCUT2D eigenvalue weighted by Gasteiger charge is 2.25. The molecule has 0 amide bonds. The Balaban J connectivity index is 2.08. The number of benzene rings is 2. The number of rotatable bonds is 1. The van der Waals surface area contributed by atoms with Crippen LogP contribution in [0.3, 0.4) is 0 Å². The van der Waals surface area contributed by atoms with E-state index in [1.807, 2.05) is 18.2 Å². The summed E-state index contributed by atoms with van der Waals surface area (Å²) < 4.78 is 13.7. The van der Waals surface area contributed by atoms with Gasteiger partial charge in [-0.15, -0.1) is 0 Å². The zero-order chi connectivity index (χ0) is 11.0. The molecule has 0 fully saturated rings. The standard InChI is InChI=1S/C15H13F/c16-15-8-4-3-7-14(15)13-10-9-11-5-1-2-6-12(11)13/h1-8,13H,9-10H2. The second kappa shape index (κ2) is 3.75. The van der Waals surface area contributed by atoms with Crippen LogP contribution in [0.1, 0.15) is 29.0 Å². The van der Waals surface area contributed by atoms with Gasteiger partial charge in [-0.1, -0.05) is 42.5 Å². The Bertz CT molecular complexity index is 516. The molecule has 2 aromatic carbocycles. The van der Waals surface area contributed by atoms with Gasteiger partial charge in [0.05, 0.1) is 0 Å². The quantitative estimate of drug-likeness (QED) is 0.672. The van der Waals surface area contributed by atoms with E-state index in [0.717, 1.165) is 18.4 Å². The van der Waals surface area contributed by atoms with Crippen molar-refractivity contribution in [1.29, 1.82) is 0 Å². The zero-order valence-electron chi connectivity index (χ0n) is 8.99. The second-order valence-corrected chi connectivity index (χ2v) is 4.31. The Kier molecular flexibility index (Phi) is 2.24. The third-order valence-electron chi connectivity index (χ3n) is 3.41. The summed E-state index contributed by atoms with van der Waals surface area (Å²) in [5.74, 6) is 0.168. The minimum Gasteiger partial charge on any atom is -0.207 e. The van der Waals surface area contributed by atoms with Crippen LogP contribution < -0.4 is 0 Å². The van der Waals surface area contributed by atoms with Crippen molar-refractivity contribution < 1.29 is 4.39 Å². The van der Waals surface area contributed by atoms with Crippen LogP contribution in [-0.4, -0.2) is 0 Å². The predicted octanol–water partition coefficient (Wildman–Crippen LogP) is 3.90. The van der Waals surface area contributed by atoms with Gasteiger partial charge in [-0.3, -0.25) is 0 Å². The van der Waals surface area contributed by atoms with Crippen LogP contribution in [0.15, 0.2) is 48.5 Å². The van der Waals surface area contributed by atoms with Crippen molar-refractivity contribution in [1.82, 2.24) is 0 Å². The van der Waals surface area contributed by atoms with Crippen LogP contribution in [0.4, 0.5) is 4.39 Å². The van der Waals surface area contributed by atoms with Crippen LogP contribution in [0.5, 0.6) is 0 Å². The molecule has 0 saturated carbocycles. The molecule has 1 heteroatoms. The number of hydrogen-bond donors (Lipinski definition) is 0. The average Bonchev–Trinajstić information content (AvgIpc) is 2.74. The maximum absolute atomic E-state index is 13.7. The molecule has 0 saturated heterocycles. The van der Waals surface area contributed by atoms with Crippen molar-refractivity contribution >= 4 is 0 Å². The van der Waals surface area contributed by atoms with Gasteiger partial charge >= 0.3 is 0 Å². The van der Waals surface area contributed by atoms with Gasteiger partial charge in [0, 0.05) is 5.92 Å². The first kappa shape index (κ1) is 9.59. The first-order valence-corrected chi connectivity index (χ1v) is 5.68. The molecular formula is C15H13F. The fourth-order valence-electron chi connectivity index (χ4n) is 2.64. The summed E-state index contributed by atoms with van der Waals surface area (Å²) in [6.45, 7) is 0. The molecular weight excluding hydrogens is 199 g/mol. The fourth-order valence-corrected chi connectivity index (χ4v) is 2.64. The summed E-state index contributed by atoms with van der Waals surface area (Å²) in [7, 11) is 0. The Morgan fingerprint density at radius 1 is 0.875 bits per heavy atom. The average molecular weight is 212 g/mol. The van der Waals surface area contributed by atoms with E-state index < -0.39 is 0 Å². The van der Waals surface area contributed by atoms with Gasteiger partial charge in [-0.25, -0.2) is 4.39 Å². The molecule has 1 atom stereocenters. The summed E-state index contributed by atoms with van der Waals surface area (Å²) in [5, 5.41) is 0. The van der Waals surface area contributed by atoms with Crippen molar-refractivity contribution in [3.05, 3.63) is 71.0 Å². The van der Waals surface area contributed by atoms with Crippen molar-refractivity contribution in [2.75, 3.05) is 0 Å². The lowest BCUT2D eigenvalue weighted by atomic mass is 9.93. The van der Waals surface area contributed by atoms with Crippen molar-refractivity contribution in [2.45, 2.75) is 18.8 Å². The van der Waals surface area contributed by atoms with E-state index in [-0.39, 0.29) is 11.7 Å². The molecule has 0 spiro atoms. The molecule has 1 unspecified atom stereocenters. The third kappa shape index (κ3) is 1.44. The molecule has 16 heavy (non-hydrogen) atoms. The number of fused-ring (bicyclic) bond motifs is 1. The summed E-state index contributed by atoms with van der Waals surface area (Å²) in [6.07, 6.45) is 2.09. The van der Waals surface area contributed by atoms with E-state index in [1.54, 1.807) is 12.1 Å². The molecule has 0 nitrogen and oxygen atoms in total. The lowest BCUT2D eigenvalue weighted by molar-refractivity contribution is 0.595. The molecule has 0 aromatic heterocycles. The summed E-state index contributed by atoms with van der Waals surface area (Å²) in [6, 6.07) is 15.5. The van der Waals surface area contributed by atoms with Crippen LogP contribution in [0.2, 0.25) is 0 Å². The van der Waals surface area contributed by atoms with Gasteiger partial charge in [0.2, 0.25) is 0 Å². The van der Waals surface area contributed by atoms with Gasteiger partial charge in [-0.05, 0) is 35.6 Å². The van der Waals surface area contributed by atoms with E-state index in [0.29, 0.717) is 0 Å². The third-order valence-corrected chi connectivity index (χ3v) is 3.41. The number of aryl methyl sites for hydroxylation is 1. The van der Waals surface area contributed by atoms with Crippen LogP contribution in [-0.2, 0) is 6.42 Å². The minimum atomic E-state index is -0.0794. The highest BCUT2D eigenvalue weighted by Crippen LogP contribution is 2.38. The highest BCUT2D eigenvalue weighted by atomic mass is 19.1. The smallest absolute Gasteiger partial charge is 0.127 e. The topological polar surface area (TPSA) is 0 Å². The molecule has 1 aliphatic rings. The van der Waals surface area contributed by atoms with Crippen LogP contribution in [0.25, 0.3) is 0 Å². The molecule has 0 aliphatic heterocycles. The zero-order valence-corrected chi connectivity index (χ0v) is 8.99. The Hall–Kier alpha value is -1.63. The number of halogens is 1. The second-order valence-electron chi connectivity index (χ2n) is 4.31. The first-order chi connectivity index (χ1) is 7.86. The molecule has 80 valence electrons. The molecule has 0 bridgehead atoms. The number of hydrogen-bond acceptors (Lipinski definition) is 0. The Morgan fingerprint density at radius 3 is 2.38 bits per heavy atom. The maximum atomic E-state index is 13.7. The van der Waals surface area contributed by atoms with Crippen molar-refractivity contribution in [3.63, 3.8) is 0 Å². The first-order valence-electron chi connectivity index (χ1n) is 5.68. The van der Waals surface area contributed by atoms with Crippen LogP contribution in [0, 0.1) is 5.82 Å². The molecule has 0 N–H and O–H groups in total. The van der Waals surface area contributed by atoms with E-state index in [4.69, 9.17) is 0 Å². The SMILES string of the molecule is Fc1ccccc1C1CCc2ccccc21. The Morgan fingerprint density at radius 2 is 1.56 bits per heavy atom. The normalized spacial score (nSPS) is 18.4. The molecule has 1 aliphatic carbocycles. The van der Waals surface area contributed by atoms with Gasteiger partial charge in [-0.2, -0.15) is 0 Å². The predicted molar refractivity (Wildman–Crippen MR) is 63.0 cm³/mol. The highest BCUT2D eigenvalue weighted by molar-refractivity contribution is 5.42. The minimum absolute atomic E-state index is 0.0794.